The maximum atomic E-state index is 3.67. The summed E-state index contributed by atoms with van der Waals surface area (Å²) >= 11 is 0. The van der Waals surface area contributed by atoms with Crippen LogP contribution in [-0.4, -0.2) is 35.1 Å². The van der Waals surface area contributed by atoms with Gasteiger partial charge in [-0.3, -0.25) is 0 Å². The fourth-order valence-electron chi connectivity index (χ4n) is 2.40. The summed E-state index contributed by atoms with van der Waals surface area (Å²) in [5.41, 5.74) is 0. The van der Waals surface area contributed by atoms with Crippen LogP contribution in [0.3, 0.4) is 0 Å². The number of rotatable bonds is 9. The zero-order valence-electron chi connectivity index (χ0n) is 13.5. The van der Waals surface area contributed by atoms with Gasteiger partial charge in [0, 0.05) is 12.4 Å². The SMILES string of the molecule is CCCC[PH](C)(CCCC)CCCC.c1c[nH]cn1. The number of hydrogen-bond acceptors (Lipinski definition) is 1. The molecule has 1 aromatic heterocycles. The summed E-state index contributed by atoms with van der Waals surface area (Å²) in [7, 11) is -0.812. The van der Waals surface area contributed by atoms with Crippen molar-refractivity contribution in [3.05, 3.63) is 18.7 Å². The molecule has 0 unspecified atom stereocenters. The summed E-state index contributed by atoms with van der Waals surface area (Å²) in [4.78, 5) is 6.42. The van der Waals surface area contributed by atoms with E-state index < -0.39 is 7.26 Å². The van der Waals surface area contributed by atoms with Gasteiger partial charge in [-0.1, -0.05) is 0 Å². The van der Waals surface area contributed by atoms with E-state index in [-0.39, 0.29) is 0 Å². The van der Waals surface area contributed by atoms with E-state index >= 15 is 0 Å². The number of imidazole rings is 1. The fraction of sp³-hybridized carbons (Fsp3) is 0.812. The van der Waals surface area contributed by atoms with Crippen molar-refractivity contribution < 1.29 is 0 Å². The molecule has 0 amide bonds. The monoisotopic (exact) mass is 286 g/mol. The first kappa shape index (κ1) is 18.6. The second-order valence-electron chi connectivity index (χ2n) is 5.88. The van der Waals surface area contributed by atoms with E-state index in [2.05, 4.69) is 37.4 Å². The van der Waals surface area contributed by atoms with Gasteiger partial charge in [-0.05, 0) is 0 Å². The molecule has 2 nitrogen and oxygen atoms in total. The van der Waals surface area contributed by atoms with E-state index in [1.807, 2.05) is 0 Å². The Hall–Kier alpha value is -0.360. The standard InChI is InChI=1S/C13H31P.C3H4N2/c1-5-8-11-14(4,12-9-6-2)13-10-7-3;1-2-5-3-4-1/h14H,5-13H2,1-4H3;1-3H,(H,4,5). The molecule has 0 spiro atoms. The number of nitrogens with one attached hydrogen (secondary N) is 1. The molecule has 0 saturated heterocycles. The summed E-state index contributed by atoms with van der Waals surface area (Å²) in [5, 5.41) is 0. The van der Waals surface area contributed by atoms with E-state index in [9.17, 15) is 0 Å². The second kappa shape index (κ2) is 12.7. The topological polar surface area (TPSA) is 28.7 Å². The normalized spacial score (nSPS) is 11.8. The van der Waals surface area contributed by atoms with Crippen molar-refractivity contribution >= 4 is 7.26 Å². The molecule has 0 saturated carbocycles. The minimum absolute atomic E-state index is 0.812. The Balaban J connectivity index is 0.000000532. The third-order valence-corrected chi connectivity index (χ3v) is 8.49. The zero-order valence-corrected chi connectivity index (χ0v) is 14.5. The molecule has 19 heavy (non-hydrogen) atoms. The maximum Gasteiger partial charge on any atom is 0.0919 e. The van der Waals surface area contributed by atoms with Crippen LogP contribution in [0.1, 0.15) is 59.3 Å². The van der Waals surface area contributed by atoms with Crippen LogP contribution in [0.5, 0.6) is 0 Å². The summed E-state index contributed by atoms with van der Waals surface area (Å²) in [5.74, 6) is 0. The predicted molar refractivity (Wildman–Crippen MR) is 92.2 cm³/mol. The van der Waals surface area contributed by atoms with Crippen LogP contribution < -0.4 is 0 Å². The van der Waals surface area contributed by atoms with Gasteiger partial charge in [-0.15, -0.1) is 0 Å². The van der Waals surface area contributed by atoms with Crippen LogP contribution in [-0.2, 0) is 0 Å². The van der Waals surface area contributed by atoms with Crippen LogP contribution >= 0.6 is 7.26 Å². The van der Waals surface area contributed by atoms with Crippen molar-refractivity contribution in [1.29, 1.82) is 0 Å². The maximum absolute atomic E-state index is 3.67. The molecule has 0 radical (unpaired) electrons. The van der Waals surface area contributed by atoms with Crippen molar-refractivity contribution in [2.75, 3.05) is 25.2 Å². The second-order valence-corrected chi connectivity index (χ2v) is 11.0. The summed E-state index contributed by atoms with van der Waals surface area (Å²) < 4.78 is 0. The predicted octanol–water partition coefficient (Wildman–Crippen LogP) is 5.18. The van der Waals surface area contributed by atoms with Gasteiger partial charge in [0.2, 0.25) is 0 Å². The number of aromatic nitrogens is 2. The first-order valence-electron chi connectivity index (χ1n) is 8.11. The summed E-state index contributed by atoms with van der Waals surface area (Å²) in [6, 6.07) is 0. The van der Waals surface area contributed by atoms with Crippen molar-refractivity contribution in [3.8, 4) is 0 Å². The van der Waals surface area contributed by atoms with Gasteiger partial charge < -0.3 is 4.98 Å². The number of nitrogens with zero attached hydrogens (tertiary/aromatic N) is 1. The molecule has 0 aliphatic heterocycles. The molecule has 3 heteroatoms. The van der Waals surface area contributed by atoms with E-state index in [1.54, 1.807) is 37.2 Å². The molecule has 0 fully saturated rings. The molecule has 1 heterocycles. The van der Waals surface area contributed by atoms with Gasteiger partial charge in [-0.25, -0.2) is 4.98 Å². The molecular formula is C16H35N2P. The minimum Gasteiger partial charge on any atom is -0.351 e. The van der Waals surface area contributed by atoms with Crippen molar-refractivity contribution in [3.63, 3.8) is 0 Å². The van der Waals surface area contributed by atoms with Crippen LogP contribution in [0.25, 0.3) is 0 Å². The Morgan fingerprint density at radius 3 is 1.58 bits per heavy atom. The van der Waals surface area contributed by atoms with Crippen LogP contribution in [0.15, 0.2) is 18.7 Å². The molecule has 0 bridgehead atoms. The Bertz CT molecular complexity index is 221. The molecule has 0 aliphatic rings. The quantitative estimate of drug-likeness (QED) is 0.623. The van der Waals surface area contributed by atoms with Gasteiger partial charge in [0.05, 0.1) is 6.33 Å². The zero-order chi connectivity index (χ0) is 14.4. The van der Waals surface area contributed by atoms with Crippen LogP contribution in [0.2, 0.25) is 0 Å². The number of H-pyrrole nitrogens is 1. The average molecular weight is 286 g/mol. The fourth-order valence-corrected chi connectivity index (χ4v) is 6.77. The Labute approximate surface area is 121 Å². The first-order valence-corrected chi connectivity index (χ1v) is 11.2. The van der Waals surface area contributed by atoms with Gasteiger partial charge in [0.1, 0.15) is 0 Å². The van der Waals surface area contributed by atoms with Gasteiger partial charge in [-0.2, -0.15) is 0 Å². The Kier molecular flexibility index (Phi) is 12.4. The molecule has 114 valence electrons. The van der Waals surface area contributed by atoms with Crippen LogP contribution in [0, 0.1) is 0 Å². The van der Waals surface area contributed by atoms with E-state index in [1.165, 1.54) is 38.5 Å². The molecule has 1 aromatic rings. The van der Waals surface area contributed by atoms with Gasteiger partial charge in [0.15, 0.2) is 0 Å². The van der Waals surface area contributed by atoms with Crippen LogP contribution in [0.4, 0.5) is 0 Å². The van der Waals surface area contributed by atoms with E-state index in [0.717, 1.165) is 0 Å². The molecule has 1 rings (SSSR count). The minimum atomic E-state index is -0.812. The summed E-state index contributed by atoms with van der Waals surface area (Å²) in [6.45, 7) is 9.63. The van der Waals surface area contributed by atoms with Crippen molar-refractivity contribution in [1.82, 2.24) is 9.97 Å². The number of hydrogen-bond donors (Lipinski definition) is 1. The smallest absolute Gasteiger partial charge is 0.0919 e. The van der Waals surface area contributed by atoms with E-state index in [4.69, 9.17) is 0 Å². The van der Waals surface area contributed by atoms with Crippen molar-refractivity contribution in [2.45, 2.75) is 59.3 Å². The first-order chi connectivity index (χ1) is 9.18. The third-order valence-electron chi connectivity index (χ3n) is 3.81. The van der Waals surface area contributed by atoms with Crippen molar-refractivity contribution in [2.24, 2.45) is 0 Å². The number of aromatic amines is 1. The molecule has 0 atom stereocenters. The third kappa shape index (κ3) is 11.2. The summed E-state index contributed by atoms with van der Waals surface area (Å²) in [6.07, 6.45) is 18.5. The number of unbranched alkanes of at least 4 members (excludes halogenated alkanes) is 3. The largest absolute Gasteiger partial charge is 0.351 e. The molecule has 0 aromatic carbocycles. The average Bonchev–Trinajstić information content (AvgIpc) is 3.00. The van der Waals surface area contributed by atoms with Gasteiger partial charge >= 0.3 is 91.7 Å². The molecule has 0 aliphatic carbocycles. The Morgan fingerprint density at radius 2 is 1.37 bits per heavy atom. The van der Waals surface area contributed by atoms with E-state index in [0.29, 0.717) is 0 Å². The molecular weight excluding hydrogens is 251 g/mol. The Morgan fingerprint density at radius 1 is 0.895 bits per heavy atom. The van der Waals surface area contributed by atoms with Gasteiger partial charge in [0.25, 0.3) is 0 Å². The molecule has 1 N–H and O–H groups in total.